The van der Waals surface area contributed by atoms with Crippen molar-refractivity contribution in [2.75, 3.05) is 19.6 Å². The molecule has 0 bridgehead atoms. The molecule has 3 rings (SSSR count). The zero-order chi connectivity index (χ0) is 11.0. The second-order valence-electron chi connectivity index (χ2n) is 5.00. The highest BCUT2D eigenvalue weighted by atomic mass is 35.5. The SMILES string of the molecule is CCN1CCC2(CC1)Cc1ccccc1O2.Cl. The van der Waals surface area contributed by atoms with Gasteiger partial charge in [0, 0.05) is 32.4 Å². The van der Waals surface area contributed by atoms with Gasteiger partial charge in [0.25, 0.3) is 0 Å². The lowest BCUT2D eigenvalue weighted by atomic mass is 9.87. The fraction of sp³-hybridized carbons (Fsp3) is 0.571. The zero-order valence-electron chi connectivity index (χ0n) is 10.3. The predicted molar refractivity (Wildman–Crippen MR) is 72.1 cm³/mol. The van der Waals surface area contributed by atoms with Gasteiger partial charge in [-0.2, -0.15) is 0 Å². The van der Waals surface area contributed by atoms with Gasteiger partial charge in [-0.05, 0) is 18.2 Å². The maximum absolute atomic E-state index is 6.20. The first kappa shape index (κ1) is 12.7. The van der Waals surface area contributed by atoms with Gasteiger partial charge in [0.2, 0.25) is 0 Å². The average molecular weight is 254 g/mol. The van der Waals surface area contributed by atoms with Crippen molar-refractivity contribution in [2.45, 2.75) is 31.8 Å². The average Bonchev–Trinajstić information content (AvgIpc) is 2.68. The second kappa shape index (κ2) is 4.87. The molecule has 0 radical (unpaired) electrons. The minimum Gasteiger partial charge on any atom is -0.487 e. The molecule has 3 heteroatoms. The van der Waals surface area contributed by atoms with Crippen molar-refractivity contribution in [1.29, 1.82) is 0 Å². The first-order valence-corrected chi connectivity index (χ1v) is 6.31. The van der Waals surface area contributed by atoms with E-state index in [0.29, 0.717) is 0 Å². The number of likely N-dealkylation sites (tertiary alicyclic amines) is 1. The summed E-state index contributed by atoms with van der Waals surface area (Å²) >= 11 is 0. The number of hydrogen-bond acceptors (Lipinski definition) is 2. The number of para-hydroxylation sites is 1. The lowest BCUT2D eigenvalue weighted by molar-refractivity contribution is 0.0211. The first-order valence-electron chi connectivity index (χ1n) is 6.31. The van der Waals surface area contributed by atoms with E-state index in [0.717, 1.165) is 12.2 Å². The zero-order valence-corrected chi connectivity index (χ0v) is 11.1. The number of piperidine rings is 1. The minimum absolute atomic E-state index is 0. The fourth-order valence-corrected chi connectivity index (χ4v) is 2.92. The van der Waals surface area contributed by atoms with Crippen LogP contribution in [0.3, 0.4) is 0 Å². The lowest BCUT2D eigenvalue weighted by Gasteiger charge is -2.38. The van der Waals surface area contributed by atoms with Crippen molar-refractivity contribution in [3.8, 4) is 5.75 Å². The summed E-state index contributed by atoms with van der Waals surface area (Å²) in [5, 5.41) is 0. The van der Waals surface area contributed by atoms with Gasteiger partial charge in [-0.1, -0.05) is 25.1 Å². The molecule has 0 unspecified atom stereocenters. The third-order valence-electron chi connectivity index (χ3n) is 4.03. The molecule has 0 aromatic heterocycles. The minimum atomic E-state index is 0. The molecule has 0 amide bonds. The number of halogens is 1. The Hall–Kier alpha value is -0.730. The molecule has 2 nitrogen and oxygen atoms in total. The molecule has 1 spiro atoms. The number of rotatable bonds is 1. The van der Waals surface area contributed by atoms with E-state index in [2.05, 4.69) is 36.1 Å². The van der Waals surface area contributed by atoms with Crippen LogP contribution in [0.2, 0.25) is 0 Å². The van der Waals surface area contributed by atoms with E-state index in [-0.39, 0.29) is 18.0 Å². The Morgan fingerprint density at radius 3 is 2.59 bits per heavy atom. The lowest BCUT2D eigenvalue weighted by Crippen LogP contribution is -2.47. The molecule has 2 aliphatic rings. The first-order chi connectivity index (χ1) is 7.81. The van der Waals surface area contributed by atoms with Crippen LogP contribution >= 0.6 is 12.4 Å². The number of ether oxygens (including phenoxy) is 1. The number of fused-ring (bicyclic) bond motifs is 1. The van der Waals surface area contributed by atoms with Crippen LogP contribution in [-0.4, -0.2) is 30.1 Å². The molecule has 94 valence electrons. The molecule has 1 fully saturated rings. The predicted octanol–water partition coefficient (Wildman–Crippen LogP) is 2.90. The normalized spacial score (nSPS) is 21.7. The summed E-state index contributed by atoms with van der Waals surface area (Å²) in [6, 6.07) is 8.49. The van der Waals surface area contributed by atoms with Crippen LogP contribution in [0.1, 0.15) is 25.3 Å². The number of nitrogens with zero attached hydrogens (tertiary/aromatic N) is 1. The Bertz CT molecular complexity index is 359. The molecule has 1 aromatic rings. The van der Waals surface area contributed by atoms with Gasteiger partial charge in [0.05, 0.1) is 0 Å². The Morgan fingerprint density at radius 2 is 1.94 bits per heavy atom. The second-order valence-corrected chi connectivity index (χ2v) is 5.00. The molecule has 2 aliphatic heterocycles. The Balaban J connectivity index is 0.00000108. The Morgan fingerprint density at radius 1 is 1.24 bits per heavy atom. The molecular formula is C14H20ClNO. The summed E-state index contributed by atoms with van der Waals surface area (Å²) in [5.41, 5.74) is 1.52. The summed E-state index contributed by atoms with van der Waals surface area (Å²) in [5.74, 6) is 1.12. The standard InChI is InChI=1S/C14H19NO.ClH/c1-2-15-9-7-14(8-10-15)11-12-5-3-4-6-13(12)16-14;/h3-6H,2,7-11H2,1H3;1H. The molecular weight excluding hydrogens is 234 g/mol. The summed E-state index contributed by atoms with van der Waals surface area (Å²) in [4.78, 5) is 2.51. The van der Waals surface area contributed by atoms with Gasteiger partial charge in [-0.15, -0.1) is 12.4 Å². The van der Waals surface area contributed by atoms with E-state index in [4.69, 9.17) is 4.74 Å². The monoisotopic (exact) mass is 253 g/mol. The van der Waals surface area contributed by atoms with Crippen LogP contribution in [0.25, 0.3) is 0 Å². The van der Waals surface area contributed by atoms with Gasteiger partial charge >= 0.3 is 0 Å². The molecule has 0 aliphatic carbocycles. The molecule has 2 heterocycles. The number of hydrogen-bond donors (Lipinski definition) is 0. The highest BCUT2D eigenvalue weighted by Gasteiger charge is 2.41. The molecule has 0 atom stereocenters. The highest BCUT2D eigenvalue weighted by Crippen LogP contribution is 2.40. The van der Waals surface area contributed by atoms with E-state index in [1.165, 1.54) is 38.0 Å². The van der Waals surface area contributed by atoms with Gasteiger partial charge < -0.3 is 9.64 Å². The maximum atomic E-state index is 6.20. The van der Waals surface area contributed by atoms with Crippen LogP contribution in [0.15, 0.2) is 24.3 Å². The topological polar surface area (TPSA) is 12.5 Å². The van der Waals surface area contributed by atoms with Crippen LogP contribution < -0.4 is 4.74 Å². The van der Waals surface area contributed by atoms with E-state index < -0.39 is 0 Å². The molecule has 0 N–H and O–H groups in total. The molecule has 17 heavy (non-hydrogen) atoms. The van der Waals surface area contributed by atoms with E-state index in [1.807, 2.05) is 0 Å². The van der Waals surface area contributed by atoms with Crippen molar-refractivity contribution in [3.05, 3.63) is 29.8 Å². The summed E-state index contributed by atoms with van der Waals surface area (Å²) in [6.45, 7) is 5.78. The van der Waals surface area contributed by atoms with E-state index in [1.54, 1.807) is 0 Å². The van der Waals surface area contributed by atoms with Gasteiger partial charge in [0.1, 0.15) is 11.4 Å². The van der Waals surface area contributed by atoms with Crippen LogP contribution in [0.5, 0.6) is 5.75 Å². The van der Waals surface area contributed by atoms with Crippen LogP contribution in [0.4, 0.5) is 0 Å². The maximum Gasteiger partial charge on any atom is 0.123 e. The van der Waals surface area contributed by atoms with Crippen LogP contribution in [0, 0.1) is 0 Å². The summed E-state index contributed by atoms with van der Waals surface area (Å²) in [7, 11) is 0. The largest absolute Gasteiger partial charge is 0.487 e. The van der Waals surface area contributed by atoms with Crippen molar-refractivity contribution < 1.29 is 4.74 Å². The summed E-state index contributed by atoms with van der Waals surface area (Å²) in [6.07, 6.45) is 3.46. The Kier molecular flexibility index (Phi) is 3.64. The third kappa shape index (κ3) is 2.29. The van der Waals surface area contributed by atoms with E-state index >= 15 is 0 Å². The third-order valence-corrected chi connectivity index (χ3v) is 4.03. The van der Waals surface area contributed by atoms with Gasteiger partial charge in [-0.3, -0.25) is 0 Å². The quantitative estimate of drug-likeness (QED) is 0.763. The molecule has 0 saturated carbocycles. The summed E-state index contributed by atoms with van der Waals surface area (Å²) < 4.78 is 6.20. The molecule has 1 saturated heterocycles. The van der Waals surface area contributed by atoms with Crippen molar-refractivity contribution in [2.24, 2.45) is 0 Å². The van der Waals surface area contributed by atoms with Gasteiger partial charge in [-0.25, -0.2) is 0 Å². The smallest absolute Gasteiger partial charge is 0.123 e. The van der Waals surface area contributed by atoms with Crippen LogP contribution in [-0.2, 0) is 6.42 Å². The van der Waals surface area contributed by atoms with Gasteiger partial charge in [0.15, 0.2) is 0 Å². The van der Waals surface area contributed by atoms with Crippen molar-refractivity contribution >= 4 is 12.4 Å². The van der Waals surface area contributed by atoms with E-state index in [9.17, 15) is 0 Å². The highest BCUT2D eigenvalue weighted by molar-refractivity contribution is 5.85. The Labute approximate surface area is 109 Å². The number of benzene rings is 1. The van der Waals surface area contributed by atoms with Crippen molar-refractivity contribution in [1.82, 2.24) is 4.90 Å². The molecule has 1 aromatic carbocycles. The fourth-order valence-electron chi connectivity index (χ4n) is 2.92. The van der Waals surface area contributed by atoms with Crippen molar-refractivity contribution in [3.63, 3.8) is 0 Å².